The monoisotopic (exact) mass is 283 g/mol. The third-order valence-electron chi connectivity index (χ3n) is 3.12. The summed E-state index contributed by atoms with van der Waals surface area (Å²) in [7, 11) is 4.31. The minimum absolute atomic E-state index is 0.778. The number of hydrogen-bond donors (Lipinski definition) is 0. The van der Waals surface area contributed by atoms with Crippen molar-refractivity contribution in [2.24, 2.45) is 5.92 Å². The zero-order valence-corrected chi connectivity index (χ0v) is 11.4. The second-order valence-electron chi connectivity index (χ2n) is 4.63. The lowest BCUT2D eigenvalue weighted by Crippen LogP contribution is -2.27. The van der Waals surface area contributed by atoms with Crippen molar-refractivity contribution in [3.05, 3.63) is 22.8 Å². The molecule has 88 valence electrons. The molecule has 3 nitrogen and oxygen atoms in total. The molecule has 2 heterocycles. The van der Waals surface area contributed by atoms with E-state index in [0.29, 0.717) is 0 Å². The van der Waals surface area contributed by atoms with Crippen LogP contribution in [0.4, 0.5) is 5.82 Å². The van der Waals surface area contributed by atoms with Gasteiger partial charge in [-0.2, -0.15) is 0 Å². The fraction of sp³-hybridized carbons (Fsp3) is 0.583. The molecule has 0 N–H and O–H groups in total. The molecule has 0 aromatic carbocycles. The zero-order valence-electron chi connectivity index (χ0n) is 9.86. The molecule has 0 spiro atoms. The first kappa shape index (κ1) is 11.9. The quantitative estimate of drug-likeness (QED) is 0.848. The Morgan fingerprint density at radius 3 is 2.94 bits per heavy atom. The molecular formula is C12H18BrN3. The number of likely N-dealkylation sites (tertiary alicyclic amines) is 1. The molecule has 1 aliphatic heterocycles. The predicted molar refractivity (Wildman–Crippen MR) is 70.8 cm³/mol. The van der Waals surface area contributed by atoms with Crippen LogP contribution >= 0.6 is 15.9 Å². The van der Waals surface area contributed by atoms with Crippen LogP contribution in [0.1, 0.15) is 6.42 Å². The number of aromatic nitrogens is 1. The second kappa shape index (κ2) is 5.15. The van der Waals surface area contributed by atoms with Gasteiger partial charge in [0.05, 0.1) is 0 Å². The SMILES string of the molecule is CN1CCC(CN(C)c2ccc(Br)cn2)C1. The summed E-state index contributed by atoms with van der Waals surface area (Å²) < 4.78 is 1.03. The molecule has 0 saturated carbocycles. The van der Waals surface area contributed by atoms with E-state index in [-0.39, 0.29) is 0 Å². The Hall–Kier alpha value is -0.610. The average Bonchev–Trinajstić information content (AvgIpc) is 2.65. The number of hydrogen-bond acceptors (Lipinski definition) is 3. The van der Waals surface area contributed by atoms with Crippen molar-refractivity contribution in [3.63, 3.8) is 0 Å². The van der Waals surface area contributed by atoms with Crippen LogP contribution in [0.15, 0.2) is 22.8 Å². The number of nitrogens with zero attached hydrogens (tertiary/aromatic N) is 3. The van der Waals surface area contributed by atoms with Gasteiger partial charge in [0, 0.05) is 30.8 Å². The first-order chi connectivity index (χ1) is 7.65. The summed E-state index contributed by atoms with van der Waals surface area (Å²) in [5.41, 5.74) is 0. The lowest BCUT2D eigenvalue weighted by molar-refractivity contribution is 0.395. The van der Waals surface area contributed by atoms with Crippen LogP contribution in [0.5, 0.6) is 0 Å². The molecule has 4 heteroatoms. The van der Waals surface area contributed by atoms with Crippen molar-refractivity contribution in [1.29, 1.82) is 0 Å². The molecule has 0 radical (unpaired) electrons. The van der Waals surface area contributed by atoms with Crippen molar-refractivity contribution >= 4 is 21.7 Å². The van der Waals surface area contributed by atoms with Crippen LogP contribution in [-0.4, -0.2) is 43.6 Å². The standard InChI is InChI=1S/C12H18BrN3/c1-15-6-5-10(8-15)9-16(2)12-4-3-11(13)7-14-12/h3-4,7,10H,5-6,8-9H2,1-2H3. The molecule has 0 bridgehead atoms. The smallest absolute Gasteiger partial charge is 0.128 e. The highest BCUT2D eigenvalue weighted by Crippen LogP contribution is 2.19. The zero-order chi connectivity index (χ0) is 11.5. The minimum atomic E-state index is 0.778. The third-order valence-corrected chi connectivity index (χ3v) is 3.59. The van der Waals surface area contributed by atoms with Gasteiger partial charge in [0.2, 0.25) is 0 Å². The van der Waals surface area contributed by atoms with E-state index < -0.39 is 0 Å². The highest BCUT2D eigenvalue weighted by molar-refractivity contribution is 9.10. The van der Waals surface area contributed by atoms with Crippen molar-refractivity contribution in [3.8, 4) is 0 Å². The molecule has 1 aliphatic rings. The maximum Gasteiger partial charge on any atom is 0.128 e. The van der Waals surface area contributed by atoms with E-state index in [9.17, 15) is 0 Å². The van der Waals surface area contributed by atoms with Crippen LogP contribution in [0, 0.1) is 5.92 Å². The van der Waals surface area contributed by atoms with Gasteiger partial charge in [-0.05, 0) is 54.0 Å². The molecule has 1 saturated heterocycles. The van der Waals surface area contributed by atoms with Gasteiger partial charge < -0.3 is 9.80 Å². The normalized spacial score (nSPS) is 21.3. The molecule has 1 aromatic rings. The van der Waals surface area contributed by atoms with Crippen LogP contribution in [0.3, 0.4) is 0 Å². The highest BCUT2D eigenvalue weighted by atomic mass is 79.9. The van der Waals surface area contributed by atoms with Gasteiger partial charge in [0.25, 0.3) is 0 Å². The summed E-state index contributed by atoms with van der Waals surface area (Å²) in [5, 5.41) is 0. The van der Waals surface area contributed by atoms with E-state index in [1.54, 1.807) is 0 Å². The molecule has 0 amide bonds. The molecule has 1 unspecified atom stereocenters. The van der Waals surface area contributed by atoms with Crippen molar-refractivity contribution in [2.45, 2.75) is 6.42 Å². The third kappa shape index (κ3) is 2.95. The van der Waals surface area contributed by atoms with Crippen molar-refractivity contribution < 1.29 is 0 Å². The maximum absolute atomic E-state index is 4.40. The molecule has 1 aromatic heterocycles. The summed E-state index contributed by atoms with van der Waals surface area (Å²) in [6.45, 7) is 3.53. The topological polar surface area (TPSA) is 19.4 Å². The fourth-order valence-electron chi connectivity index (χ4n) is 2.25. The number of pyridine rings is 1. The molecule has 16 heavy (non-hydrogen) atoms. The Kier molecular flexibility index (Phi) is 3.82. The minimum Gasteiger partial charge on any atom is -0.359 e. The lowest BCUT2D eigenvalue weighted by atomic mass is 10.1. The van der Waals surface area contributed by atoms with Gasteiger partial charge in [-0.3, -0.25) is 0 Å². The fourth-order valence-corrected chi connectivity index (χ4v) is 2.48. The molecule has 1 atom stereocenters. The van der Waals surface area contributed by atoms with Crippen LogP contribution in [-0.2, 0) is 0 Å². The average molecular weight is 284 g/mol. The van der Waals surface area contributed by atoms with Crippen LogP contribution in [0.2, 0.25) is 0 Å². The van der Waals surface area contributed by atoms with Crippen molar-refractivity contribution in [1.82, 2.24) is 9.88 Å². The van der Waals surface area contributed by atoms with E-state index in [2.05, 4.69) is 50.9 Å². The largest absolute Gasteiger partial charge is 0.359 e. The molecular weight excluding hydrogens is 266 g/mol. The second-order valence-corrected chi connectivity index (χ2v) is 5.55. The molecule has 1 fully saturated rings. The van der Waals surface area contributed by atoms with Gasteiger partial charge in [0.15, 0.2) is 0 Å². The van der Waals surface area contributed by atoms with Crippen LogP contribution in [0.25, 0.3) is 0 Å². The maximum atomic E-state index is 4.40. The van der Waals surface area contributed by atoms with Crippen molar-refractivity contribution in [2.75, 3.05) is 38.6 Å². The summed E-state index contributed by atoms with van der Waals surface area (Å²) in [4.78, 5) is 9.05. The van der Waals surface area contributed by atoms with E-state index in [0.717, 1.165) is 22.8 Å². The molecule has 0 aliphatic carbocycles. The molecule has 2 rings (SSSR count). The van der Waals surface area contributed by atoms with Gasteiger partial charge in [-0.15, -0.1) is 0 Å². The summed E-state index contributed by atoms with van der Waals surface area (Å²) in [6.07, 6.45) is 3.16. The first-order valence-electron chi connectivity index (χ1n) is 5.66. The van der Waals surface area contributed by atoms with Gasteiger partial charge in [-0.25, -0.2) is 4.98 Å². The summed E-state index contributed by atoms with van der Waals surface area (Å²) >= 11 is 3.40. The van der Waals surface area contributed by atoms with E-state index in [1.165, 1.54) is 19.5 Å². The number of anilines is 1. The Morgan fingerprint density at radius 2 is 2.38 bits per heavy atom. The lowest BCUT2D eigenvalue weighted by Gasteiger charge is -2.22. The van der Waals surface area contributed by atoms with Gasteiger partial charge >= 0.3 is 0 Å². The Labute approximate surface area is 106 Å². The highest BCUT2D eigenvalue weighted by Gasteiger charge is 2.20. The summed E-state index contributed by atoms with van der Waals surface area (Å²) in [6, 6.07) is 4.10. The van der Waals surface area contributed by atoms with Crippen LogP contribution < -0.4 is 4.90 Å². The summed E-state index contributed by atoms with van der Waals surface area (Å²) in [5.74, 6) is 1.83. The number of rotatable bonds is 3. The van der Waals surface area contributed by atoms with Gasteiger partial charge in [0.1, 0.15) is 5.82 Å². The Balaban J connectivity index is 1.92. The Morgan fingerprint density at radius 1 is 1.56 bits per heavy atom. The Bertz CT molecular complexity index is 339. The first-order valence-corrected chi connectivity index (χ1v) is 6.45. The predicted octanol–water partition coefficient (Wildman–Crippen LogP) is 2.23. The van der Waals surface area contributed by atoms with E-state index >= 15 is 0 Å². The van der Waals surface area contributed by atoms with E-state index in [1.807, 2.05) is 12.3 Å². The number of halogens is 1. The van der Waals surface area contributed by atoms with Gasteiger partial charge in [-0.1, -0.05) is 0 Å². The van der Waals surface area contributed by atoms with E-state index in [4.69, 9.17) is 0 Å².